The van der Waals surface area contributed by atoms with Crippen molar-refractivity contribution in [2.24, 2.45) is 0 Å². The zero-order valence-electron chi connectivity index (χ0n) is 8.30. The van der Waals surface area contributed by atoms with Gasteiger partial charge in [-0.3, -0.25) is 4.57 Å². The van der Waals surface area contributed by atoms with Crippen LogP contribution in [0.1, 0.15) is 18.5 Å². The van der Waals surface area contributed by atoms with Crippen LogP contribution in [0.5, 0.6) is 0 Å². The maximum absolute atomic E-state index is 12.2. The van der Waals surface area contributed by atoms with E-state index in [0.29, 0.717) is 25.3 Å². The number of halogens is 4. The van der Waals surface area contributed by atoms with Gasteiger partial charge in [-0.05, 0) is 18.9 Å². The summed E-state index contributed by atoms with van der Waals surface area (Å²) in [6, 6.07) is 0.794. The van der Waals surface area contributed by atoms with Crippen LogP contribution in [0.2, 0.25) is 0 Å². The molecular weight excluding hydrogens is 245 g/mol. The Balaban J connectivity index is 2.80. The van der Waals surface area contributed by atoms with Gasteiger partial charge >= 0.3 is 11.9 Å². The highest BCUT2D eigenvalue weighted by molar-refractivity contribution is 6.17. The molecule has 7 heteroatoms. The molecule has 0 aliphatic rings. The summed E-state index contributed by atoms with van der Waals surface area (Å²) < 4.78 is 37.7. The molecule has 1 rings (SSSR count). The summed E-state index contributed by atoms with van der Waals surface area (Å²) in [6.45, 7) is 0.330. The van der Waals surface area contributed by atoms with Crippen LogP contribution in [-0.2, 0) is 12.7 Å². The lowest BCUT2D eigenvalue weighted by molar-refractivity contribution is -0.141. The van der Waals surface area contributed by atoms with E-state index in [2.05, 4.69) is 4.98 Å². The van der Waals surface area contributed by atoms with Crippen molar-refractivity contribution in [2.75, 3.05) is 5.88 Å². The molecule has 0 N–H and O–H groups in total. The number of unbranched alkanes of at least 4 members (excludes halogenated alkanes) is 1. The minimum Gasteiger partial charge on any atom is -0.299 e. The summed E-state index contributed by atoms with van der Waals surface area (Å²) in [7, 11) is 0. The van der Waals surface area contributed by atoms with E-state index in [1.165, 1.54) is 0 Å². The van der Waals surface area contributed by atoms with Crippen molar-refractivity contribution in [3.05, 3.63) is 28.4 Å². The fraction of sp³-hybridized carbons (Fsp3) is 0.556. The maximum atomic E-state index is 12.2. The molecule has 1 aromatic heterocycles. The van der Waals surface area contributed by atoms with Crippen molar-refractivity contribution in [1.82, 2.24) is 9.55 Å². The molecule has 0 bridgehead atoms. The maximum Gasteiger partial charge on any atom is 0.433 e. The third-order valence-electron chi connectivity index (χ3n) is 1.95. The Kier molecular flexibility index (Phi) is 4.35. The monoisotopic (exact) mass is 254 g/mol. The Bertz CT molecular complexity index is 402. The molecule has 0 amide bonds. The van der Waals surface area contributed by atoms with Crippen molar-refractivity contribution in [1.29, 1.82) is 0 Å². The van der Waals surface area contributed by atoms with E-state index in [-0.39, 0.29) is 0 Å². The van der Waals surface area contributed by atoms with Crippen molar-refractivity contribution < 1.29 is 13.2 Å². The summed E-state index contributed by atoms with van der Waals surface area (Å²) >= 11 is 5.44. The molecule has 3 nitrogen and oxygen atoms in total. The van der Waals surface area contributed by atoms with Crippen molar-refractivity contribution in [2.45, 2.75) is 25.6 Å². The number of hydrogen-bond donors (Lipinski definition) is 0. The third kappa shape index (κ3) is 3.52. The Hall–Kier alpha value is -1.04. The first-order chi connectivity index (χ1) is 7.45. The summed E-state index contributed by atoms with van der Waals surface area (Å²) in [5, 5.41) is 0. The Morgan fingerprint density at radius 2 is 2.06 bits per heavy atom. The first-order valence-electron chi connectivity index (χ1n) is 4.66. The molecule has 0 aliphatic heterocycles. The number of aryl methyl sites for hydroxylation is 1. The molecule has 1 heterocycles. The lowest BCUT2D eigenvalue weighted by atomic mass is 10.3. The van der Waals surface area contributed by atoms with Gasteiger partial charge in [-0.15, -0.1) is 11.6 Å². The van der Waals surface area contributed by atoms with Crippen LogP contribution in [0.4, 0.5) is 13.2 Å². The van der Waals surface area contributed by atoms with E-state index in [9.17, 15) is 18.0 Å². The van der Waals surface area contributed by atoms with Crippen molar-refractivity contribution in [3.63, 3.8) is 0 Å². The van der Waals surface area contributed by atoms with Crippen LogP contribution in [0.15, 0.2) is 17.1 Å². The zero-order valence-corrected chi connectivity index (χ0v) is 9.05. The van der Waals surface area contributed by atoms with E-state index >= 15 is 0 Å². The average Bonchev–Trinajstić information content (AvgIpc) is 2.19. The molecule has 90 valence electrons. The number of hydrogen-bond acceptors (Lipinski definition) is 2. The predicted octanol–water partition coefficient (Wildman–Crippen LogP) is 2.28. The topological polar surface area (TPSA) is 34.9 Å². The second-order valence-electron chi connectivity index (χ2n) is 3.18. The lowest BCUT2D eigenvalue weighted by Crippen LogP contribution is -2.26. The minimum atomic E-state index is -4.58. The number of rotatable bonds is 4. The molecule has 0 fully saturated rings. The molecule has 0 atom stereocenters. The largest absolute Gasteiger partial charge is 0.433 e. The second kappa shape index (κ2) is 5.34. The van der Waals surface area contributed by atoms with E-state index in [0.717, 1.165) is 16.8 Å². The molecule has 0 aliphatic carbocycles. The van der Waals surface area contributed by atoms with Gasteiger partial charge in [0, 0.05) is 18.6 Å². The Labute approximate surface area is 94.9 Å². The predicted molar refractivity (Wildman–Crippen MR) is 53.5 cm³/mol. The van der Waals surface area contributed by atoms with Gasteiger partial charge in [0.1, 0.15) is 0 Å². The number of nitrogens with zero attached hydrogens (tertiary/aromatic N) is 2. The highest BCUT2D eigenvalue weighted by Crippen LogP contribution is 2.26. The summed E-state index contributed by atoms with van der Waals surface area (Å²) in [4.78, 5) is 14.2. The van der Waals surface area contributed by atoms with Crippen molar-refractivity contribution in [3.8, 4) is 0 Å². The fourth-order valence-electron chi connectivity index (χ4n) is 1.13. The van der Waals surface area contributed by atoms with Gasteiger partial charge in [0.2, 0.25) is 0 Å². The van der Waals surface area contributed by atoms with Crippen LogP contribution >= 0.6 is 11.6 Å². The van der Waals surface area contributed by atoms with Crippen molar-refractivity contribution >= 4 is 11.6 Å². The first-order valence-corrected chi connectivity index (χ1v) is 5.19. The third-order valence-corrected chi connectivity index (χ3v) is 2.21. The summed E-state index contributed by atoms with van der Waals surface area (Å²) in [5.74, 6) is 0.461. The molecule has 0 saturated heterocycles. The zero-order chi connectivity index (χ0) is 12.2. The highest BCUT2D eigenvalue weighted by atomic mass is 35.5. The second-order valence-corrected chi connectivity index (χ2v) is 3.56. The summed E-state index contributed by atoms with van der Waals surface area (Å²) in [6.07, 6.45) is -2.13. The van der Waals surface area contributed by atoms with Crippen LogP contribution in [0.25, 0.3) is 0 Å². The molecular formula is C9H10ClF3N2O. The SMILES string of the molecule is O=c1nc(C(F)(F)F)ccn1CCCCCl. The summed E-state index contributed by atoms with van der Waals surface area (Å²) in [5.41, 5.74) is -2.05. The van der Waals surface area contributed by atoms with Gasteiger partial charge in [0.25, 0.3) is 0 Å². The van der Waals surface area contributed by atoms with E-state index in [1.807, 2.05) is 0 Å². The Morgan fingerprint density at radius 3 is 2.56 bits per heavy atom. The quantitative estimate of drug-likeness (QED) is 0.610. The van der Waals surface area contributed by atoms with Crippen LogP contribution in [0.3, 0.4) is 0 Å². The van der Waals surface area contributed by atoms with Crippen LogP contribution < -0.4 is 5.69 Å². The number of alkyl halides is 4. The normalized spacial score (nSPS) is 11.8. The van der Waals surface area contributed by atoms with Gasteiger partial charge in [0.05, 0.1) is 0 Å². The molecule has 0 aromatic carbocycles. The molecule has 0 radical (unpaired) electrons. The van der Waals surface area contributed by atoms with Gasteiger partial charge in [-0.1, -0.05) is 0 Å². The number of aromatic nitrogens is 2. The van der Waals surface area contributed by atoms with E-state index < -0.39 is 17.6 Å². The van der Waals surface area contributed by atoms with E-state index in [1.54, 1.807) is 0 Å². The minimum absolute atomic E-state index is 0.330. The van der Waals surface area contributed by atoms with Crippen LogP contribution in [-0.4, -0.2) is 15.4 Å². The van der Waals surface area contributed by atoms with Gasteiger partial charge in [-0.2, -0.15) is 18.2 Å². The smallest absolute Gasteiger partial charge is 0.299 e. The van der Waals surface area contributed by atoms with Gasteiger partial charge in [0.15, 0.2) is 5.69 Å². The van der Waals surface area contributed by atoms with Gasteiger partial charge in [-0.25, -0.2) is 4.79 Å². The molecule has 0 saturated carbocycles. The molecule has 16 heavy (non-hydrogen) atoms. The van der Waals surface area contributed by atoms with Crippen LogP contribution in [0, 0.1) is 0 Å². The highest BCUT2D eigenvalue weighted by Gasteiger charge is 2.32. The first kappa shape index (κ1) is 13.0. The molecule has 0 spiro atoms. The van der Waals surface area contributed by atoms with E-state index in [4.69, 9.17) is 11.6 Å². The molecule has 1 aromatic rings. The van der Waals surface area contributed by atoms with Gasteiger partial charge < -0.3 is 0 Å². The fourth-order valence-corrected chi connectivity index (χ4v) is 1.32. The standard InChI is InChI=1S/C9H10ClF3N2O/c10-4-1-2-5-15-6-3-7(9(11,12)13)14-8(15)16/h3,6H,1-2,4-5H2. The molecule has 0 unspecified atom stereocenters. The Morgan fingerprint density at radius 1 is 1.38 bits per heavy atom. The lowest BCUT2D eigenvalue weighted by Gasteiger charge is -2.07. The average molecular weight is 255 g/mol.